The van der Waals surface area contributed by atoms with E-state index in [1.165, 1.54) is 18.2 Å². The van der Waals surface area contributed by atoms with Gasteiger partial charge in [0.2, 0.25) is 0 Å². The third-order valence-corrected chi connectivity index (χ3v) is 3.17. The van der Waals surface area contributed by atoms with Gasteiger partial charge in [0, 0.05) is 6.07 Å². The second-order valence-corrected chi connectivity index (χ2v) is 4.71. The number of nitro groups is 1. The van der Waals surface area contributed by atoms with E-state index in [2.05, 4.69) is 0 Å². The standard InChI is InChI=1S/C15H10F3NO4/c16-15(17,18)10-5-6-12(13(8-10)19(22)23)11-4-2-1-3-9(11)7-14(20)21/h1-6,8H,7H2,(H,20,21). The molecule has 0 atom stereocenters. The lowest BCUT2D eigenvalue weighted by Crippen LogP contribution is -2.07. The zero-order valence-electron chi connectivity index (χ0n) is 11.5. The van der Waals surface area contributed by atoms with Crippen LogP contribution in [0.3, 0.4) is 0 Å². The van der Waals surface area contributed by atoms with Crippen molar-refractivity contribution in [2.45, 2.75) is 12.6 Å². The van der Waals surface area contributed by atoms with Crippen molar-refractivity contribution in [1.29, 1.82) is 0 Å². The molecule has 0 aliphatic rings. The largest absolute Gasteiger partial charge is 0.481 e. The normalized spacial score (nSPS) is 11.3. The lowest BCUT2D eigenvalue weighted by atomic mass is 9.95. The second-order valence-electron chi connectivity index (χ2n) is 4.71. The van der Waals surface area contributed by atoms with Crippen molar-refractivity contribution < 1.29 is 28.0 Å². The third kappa shape index (κ3) is 3.65. The van der Waals surface area contributed by atoms with Crippen LogP contribution in [0.5, 0.6) is 0 Å². The summed E-state index contributed by atoms with van der Waals surface area (Å²) in [5.74, 6) is -1.15. The number of alkyl halides is 3. The van der Waals surface area contributed by atoms with Crippen LogP contribution in [0.15, 0.2) is 42.5 Å². The Morgan fingerprint density at radius 1 is 1.13 bits per heavy atom. The van der Waals surface area contributed by atoms with Gasteiger partial charge in [0.25, 0.3) is 5.69 Å². The third-order valence-electron chi connectivity index (χ3n) is 3.17. The quantitative estimate of drug-likeness (QED) is 0.683. The van der Waals surface area contributed by atoms with Crippen molar-refractivity contribution in [3.05, 3.63) is 63.7 Å². The summed E-state index contributed by atoms with van der Waals surface area (Å²) in [7, 11) is 0. The van der Waals surface area contributed by atoms with Gasteiger partial charge in [0.15, 0.2) is 0 Å². The number of hydrogen-bond donors (Lipinski definition) is 1. The second kappa shape index (κ2) is 6.07. The molecule has 0 spiro atoms. The molecular weight excluding hydrogens is 315 g/mol. The maximum absolute atomic E-state index is 12.7. The van der Waals surface area contributed by atoms with Gasteiger partial charge in [-0.2, -0.15) is 13.2 Å². The van der Waals surface area contributed by atoms with Gasteiger partial charge in [-0.1, -0.05) is 24.3 Å². The Labute approximate surface area is 128 Å². The Kier molecular flexibility index (Phi) is 4.35. The summed E-state index contributed by atoms with van der Waals surface area (Å²) in [5, 5.41) is 20.0. The van der Waals surface area contributed by atoms with Gasteiger partial charge in [0.05, 0.1) is 22.5 Å². The van der Waals surface area contributed by atoms with Crippen LogP contribution in [0.25, 0.3) is 11.1 Å². The van der Waals surface area contributed by atoms with E-state index >= 15 is 0 Å². The Balaban J connectivity index is 2.65. The summed E-state index contributed by atoms with van der Waals surface area (Å²) < 4.78 is 38.1. The van der Waals surface area contributed by atoms with Crippen molar-refractivity contribution in [3.63, 3.8) is 0 Å². The molecule has 0 fully saturated rings. The van der Waals surface area contributed by atoms with Crippen molar-refractivity contribution in [3.8, 4) is 11.1 Å². The van der Waals surface area contributed by atoms with E-state index in [4.69, 9.17) is 5.11 Å². The van der Waals surface area contributed by atoms with Crippen LogP contribution >= 0.6 is 0 Å². The first-order valence-electron chi connectivity index (χ1n) is 6.36. The SMILES string of the molecule is O=C(O)Cc1ccccc1-c1ccc(C(F)(F)F)cc1[N+](=O)[O-]. The van der Waals surface area contributed by atoms with Crippen LogP contribution in [-0.4, -0.2) is 16.0 Å². The number of carboxylic acid groups (broad SMARTS) is 1. The number of benzene rings is 2. The van der Waals surface area contributed by atoms with Crippen LogP contribution in [0.2, 0.25) is 0 Å². The topological polar surface area (TPSA) is 80.4 Å². The van der Waals surface area contributed by atoms with Crippen LogP contribution in [-0.2, 0) is 17.4 Å². The number of hydrogen-bond acceptors (Lipinski definition) is 3. The number of carboxylic acids is 1. The van der Waals surface area contributed by atoms with Crippen molar-refractivity contribution in [2.75, 3.05) is 0 Å². The molecule has 0 unspecified atom stereocenters. The minimum absolute atomic E-state index is 0.0557. The van der Waals surface area contributed by atoms with Crippen LogP contribution in [0.4, 0.5) is 18.9 Å². The molecule has 1 N–H and O–H groups in total. The van der Waals surface area contributed by atoms with E-state index in [1.807, 2.05) is 0 Å². The molecule has 0 aromatic heterocycles. The van der Waals surface area contributed by atoms with E-state index in [-0.39, 0.29) is 16.7 Å². The summed E-state index contributed by atoms with van der Waals surface area (Å²) in [6.45, 7) is 0. The van der Waals surface area contributed by atoms with Crippen LogP contribution in [0, 0.1) is 10.1 Å². The minimum atomic E-state index is -4.70. The zero-order valence-corrected chi connectivity index (χ0v) is 11.5. The molecule has 0 radical (unpaired) electrons. The Hall–Kier alpha value is -2.90. The number of nitrogens with zero attached hydrogens (tertiary/aromatic N) is 1. The molecule has 0 heterocycles. The van der Waals surface area contributed by atoms with E-state index in [0.717, 1.165) is 12.1 Å². The molecule has 0 saturated carbocycles. The lowest BCUT2D eigenvalue weighted by Gasteiger charge is -2.11. The molecule has 2 rings (SSSR count). The summed E-state index contributed by atoms with van der Waals surface area (Å²) in [6, 6.07) is 8.16. The molecule has 0 bridgehead atoms. The summed E-state index contributed by atoms with van der Waals surface area (Å²) >= 11 is 0. The fraction of sp³-hybridized carbons (Fsp3) is 0.133. The lowest BCUT2D eigenvalue weighted by molar-refractivity contribution is -0.384. The molecule has 23 heavy (non-hydrogen) atoms. The number of nitro benzene ring substituents is 1. The maximum Gasteiger partial charge on any atom is 0.416 e. The molecule has 0 saturated heterocycles. The van der Waals surface area contributed by atoms with E-state index < -0.39 is 34.7 Å². The number of rotatable bonds is 4. The van der Waals surface area contributed by atoms with Crippen molar-refractivity contribution >= 4 is 11.7 Å². The van der Waals surface area contributed by atoms with Crippen LogP contribution < -0.4 is 0 Å². The van der Waals surface area contributed by atoms with E-state index in [9.17, 15) is 28.1 Å². The molecule has 0 amide bonds. The van der Waals surface area contributed by atoms with Gasteiger partial charge < -0.3 is 5.11 Å². The number of halogens is 3. The van der Waals surface area contributed by atoms with Gasteiger partial charge in [-0.3, -0.25) is 14.9 Å². The van der Waals surface area contributed by atoms with E-state index in [1.54, 1.807) is 6.07 Å². The van der Waals surface area contributed by atoms with Gasteiger partial charge in [0.1, 0.15) is 0 Å². The van der Waals surface area contributed by atoms with Crippen molar-refractivity contribution in [2.24, 2.45) is 0 Å². The molecule has 120 valence electrons. The molecule has 2 aromatic carbocycles. The van der Waals surface area contributed by atoms with Gasteiger partial charge in [-0.25, -0.2) is 0 Å². The summed E-state index contributed by atoms with van der Waals surface area (Å²) in [4.78, 5) is 21.1. The van der Waals surface area contributed by atoms with Gasteiger partial charge in [-0.05, 0) is 23.3 Å². The molecule has 0 aliphatic carbocycles. The predicted molar refractivity (Wildman–Crippen MR) is 74.9 cm³/mol. The van der Waals surface area contributed by atoms with Crippen molar-refractivity contribution in [1.82, 2.24) is 0 Å². The number of carbonyl (C=O) groups is 1. The highest BCUT2D eigenvalue weighted by atomic mass is 19.4. The molecule has 0 aliphatic heterocycles. The van der Waals surface area contributed by atoms with Crippen LogP contribution in [0.1, 0.15) is 11.1 Å². The van der Waals surface area contributed by atoms with Gasteiger partial charge >= 0.3 is 12.1 Å². The summed E-state index contributed by atoms with van der Waals surface area (Å²) in [5.41, 5.74) is -1.42. The monoisotopic (exact) mass is 325 g/mol. The number of aliphatic carboxylic acids is 1. The van der Waals surface area contributed by atoms with E-state index in [0.29, 0.717) is 6.07 Å². The smallest absolute Gasteiger partial charge is 0.416 e. The average molecular weight is 325 g/mol. The molecule has 8 heteroatoms. The highest BCUT2D eigenvalue weighted by molar-refractivity contribution is 5.80. The first-order chi connectivity index (χ1) is 10.7. The Bertz CT molecular complexity index is 772. The first kappa shape index (κ1) is 16.5. The highest BCUT2D eigenvalue weighted by Crippen LogP contribution is 2.38. The fourth-order valence-electron chi connectivity index (χ4n) is 2.19. The predicted octanol–water partition coefficient (Wildman–Crippen LogP) is 3.91. The highest BCUT2D eigenvalue weighted by Gasteiger charge is 2.33. The molecule has 5 nitrogen and oxygen atoms in total. The molecular formula is C15H10F3NO4. The van der Waals surface area contributed by atoms with Gasteiger partial charge in [-0.15, -0.1) is 0 Å². The Morgan fingerprint density at radius 2 is 1.78 bits per heavy atom. The Morgan fingerprint density at radius 3 is 2.35 bits per heavy atom. The summed E-state index contributed by atoms with van der Waals surface area (Å²) in [6.07, 6.45) is -5.10. The first-order valence-corrected chi connectivity index (χ1v) is 6.36. The fourth-order valence-corrected chi connectivity index (χ4v) is 2.19. The molecule has 2 aromatic rings. The maximum atomic E-state index is 12.7. The average Bonchev–Trinajstić information content (AvgIpc) is 2.45. The zero-order chi connectivity index (χ0) is 17.2. The minimum Gasteiger partial charge on any atom is -0.481 e.